The molecule has 0 bridgehead atoms. The zero-order chi connectivity index (χ0) is 13.2. The van der Waals surface area contributed by atoms with E-state index in [1.807, 2.05) is 42.5 Å². The molecule has 1 atom stereocenters. The predicted molar refractivity (Wildman–Crippen MR) is 73.4 cm³/mol. The van der Waals surface area contributed by atoms with Gasteiger partial charge in [0.25, 0.3) is 0 Å². The van der Waals surface area contributed by atoms with Crippen molar-refractivity contribution in [3.63, 3.8) is 0 Å². The molecule has 0 radical (unpaired) electrons. The Morgan fingerprint density at radius 3 is 2.33 bits per heavy atom. The van der Waals surface area contributed by atoms with Crippen molar-refractivity contribution in [3.8, 4) is 0 Å². The molecular weight excluding hydrogens is 222 g/mol. The Morgan fingerprint density at radius 2 is 1.72 bits per heavy atom. The highest BCUT2D eigenvalue weighted by molar-refractivity contribution is 5.30. The standard InChI is InChI=1S/C16H19NO/c1-16(2,3)13-9-10-17-14(11-13)15(18)12-7-5-4-6-8-12/h4-11,15,18H,1-3H3. The van der Waals surface area contributed by atoms with Crippen molar-refractivity contribution < 1.29 is 5.11 Å². The first-order valence-electron chi connectivity index (χ1n) is 6.18. The fraction of sp³-hybridized carbons (Fsp3) is 0.312. The summed E-state index contributed by atoms with van der Waals surface area (Å²) in [5.74, 6) is 0. The molecule has 0 spiro atoms. The summed E-state index contributed by atoms with van der Waals surface area (Å²) >= 11 is 0. The average Bonchev–Trinajstić information content (AvgIpc) is 2.38. The number of aliphatic hydroxyl groups is 1. The largest absolute Gasteiger partial charge is 0.382 e. The van der Waals surface area contributed by atoms with E-state index in [0.29, 0.717) is 5.69 Å². The van der Waals surface area contributed by atoms with Crippen LogP contribution in [0.5, 0.6) is 0 Å². The molecule has 0 aliphatic heterocycles. The Kier molecular flexibility index (Phi) is 3.48. The van der Waals surface area contributed by atoms with Crippen LogP contribution in [0.25, 0.3) is 0 Å². The molecule has 1 unspecified atom stereocenters. The number of aliphatic hydroxyl groups excluding tert-OH is 1. The molecule has 2 nitrogen and oxygen atoms in total. The van der Waals surface area contributed by atoms with Crippen molar-refractivity contribution in [3.05, 3.63) is 65.5 Å². The molecule has 0 saturated heterocycles. The van der Waals surface area contributed by atoms with Crippen LogP contribution < -0.4 is 0 Å². The van der Waals surface area contributed by atoms with Crippen molar-refractivity contribution in [1.82, 2.24) is 4.98 Å². The monoisotopic (exact) mass is 241 g/mol. The second-order valence-electron chi connectivity index (χ2n) is 5.53. The first-order valence-corrected chi connectivity index (χ1v) is 6.18. The molecule has 0 amide bonds. The molecule has 2 aromatic rings. The molecule has 0 saturated carbocycles. The van der Waals surface area contributed by atoms with E-state index in [4.69, 9.17) is 0 Å². The van der Waals surface area contributed by atoms with Gasteiger partial charge in [0.05, 0.1) is 5.69 Å². The predicted octanol–water partition coefficient (Wildman–Crippen LogP) is 3.46. The maximum atomic E-state index is 10.3. The van der Waals surface area contributed by atoms with Gasteiger partial charge in [-0.2, -0.15) is 0 Å². The van der Waals surface area contributed by atoms with Crippen LogP contribution in [0.4, 0.5) is 0 Å². The fourth-order valence-corrected chi connectivity index (χ4v) is 1.87. The summed E-state index contributed by atoms with van der Waals surface area (Å²) in [4.78, 5) is 4.28. The van der Waals surface area contributed by atoms with Crippen LogP contribution in [-0.2, 0) is 5.41 Å². The molecule has 0 aliphatic rings. The van der Waals surface area contributed by atoms with Gasteiger partial charge < -0.3 is 5.11 Å². The summed E-state index contributed by atoms with van der Waals surface area (Å²) in [5, 5.41) is 10.3. The van der Waals surface area contributed by atoms with E-state index in [1.54, 1.807) is 6.20 Å². The first-order chi connectivity index (χ1) is 8.48. The number of pyridine rings is 1. The summed E-state index contributed by atoms with van der Waals surface area (Å²) in [6, 6.07) is 13.6. The molecule has 1 aromatic heterocycles. The molecule has 0 fully saturated rings. The number of nitrogens with zero attached hydrogens (tertiary/aromatic N) is 1. The number of aromatic nitrogens is 1. The van der Waals surface area contributed by atoms with Gasteiger partial charge in [-0.05, 0) is 28.7 Å². The SMILES string of the molecule is CC(C)(C)c1ccnc(C(O)c2ccccc2)c1. The van der Waals surface area contributed by atoms with Crippen LogP contribution >= 0.6 is 0 Å². The van der Waals surface area contributed by atoms with E-state index < -0.39 is 6.10 Å². The van der Waals surface area contributed by atoms with E-state index in [2.05, 4.69) is 25.8 Å². The van der Waals surface area contributed by atoms with Crippen molar-refractivity contribution in [2.24, 2.45) is 0 Å². The number of benzene rings is 1. The summed E-state index contributed by atoms with van der Waals surface area (Å²) < 4.78 is 0. The maximum absolute atomic E-state index is 10.3. The molecule has 2 heteroatoms. The molecule has 18 heavy (non-hydrogen) atoms. The lowest BCUT2D eigenvalue weighted by molar-refractivity contribution is 0.215. The molecular formula is C16H19NO. The normalized spacial score (nSPS) is 13.3. The Hall–Kier alpha value is -1.67. The Balaban J connectivity index is 2.35. The highest BCUT2D eigenvalue weighted by atomic mass is 16.3. The third-order valence-electron chi connectivity index (χ3n) is 3.04. The van der Waals surface area contributed by atoms with Crippen LogP contribution in [0.1, 0.15) is 43.7 Å². The quantitative estimate of drug-likeness (QED) is 0.873. The van der Waals surface area contributed by atoms with E-state index in [0.717, 1.165) is 5.56 Å². The lowest BCUT2D eigenvalue weighted by Crippen LogP contribution is -2.13. The molecule has 94 valence electrons. The number of hydrogen-bond acceptors (Lipinski definition) is 2. The lowest BCUT2D eigenvalue weighted by atomic mass is 9.87. The van der Waals surface area contributed by atoms with E-state index >= 15 is 0 Å². The van der Waals surface area contributed by atoms with Crippen LogP contribution in [0.3, 0.4) is 0 Å². The topological polar surface area (TPSA) is 33.1 Å². The zero-order valence-electron chi connectivity index (χ0n) is 11.1. The molecule has 0 aliphatic carbocycles. The first kappa shape index (κ1) is 12.8. The van der Waals surface area contributed by atoms with Crippen LogP contribution in [-0.4, -0.2) is 10.1 Å². The third kappa shape index (κ3) is 2.77. The number of hydrogen-bond donors (Lipinski definition) is 1. The summed E-state index contributed by atoms with van der Waals surface area (Å²) in [5.41, 5.74) is 2.82. The molecule has 1 aromatic carbocycles. The highest BCUT2D eigenvalue weighted by Gasteiger charge is 2.17. The van der Waals surface area contributed by atoms with Crippen molar-refractivity contribution in [1.29, 1.82) is 0 Å². The molecule has 1 heterocycles. The van der Waals surface area contributed by atoms with Gasteiger partial charge in [0.1, 0.15) is 6.10 Å². The summed E-state index contributed by atoms with van der Waals surface area (Å²) in [6.45, 7) is 6.46. The van der Waals surface area contributed by atoms with E-state index in [9.17, 15) is 5.11 Å². The second kappa shape index (κ2) is 4.91. The van der Waals surface area contributed by atoms with Crippen molar-refractivity contribution in [2.75, 3.05) is 0 Å². The minimum absolute atomic E-state index is 0.0636. The molecule has 2 rings (SSSR count). The zero-order valence-corrected chi connectivity index (χ0v) is 11.1. The van der Waals surface area contributed by atoms with E-state index in [-0.39, 0.29) is 5.41 Å². The summed E-state index contributed by atoms with van der Waals surface area (Å²) in [7, 11) is 0. The van der Waals surface area contributed by atoms with Gasteiger partial charge in [-0.15, -0.1) is 0 Å². The average molecular weight is 241 g/mol. The van der Waals surface area contributed by atoms with Gasteiger partial charge in [-0.25, -0.2) is 0 Å². The van der Waals surface area contributed by atoms with Gasteiger partial charge in [0.2, 0.25) is 0 Å². The lowest BCUT2D eigenvalue weighted by Gasteiger charge is -2.20. The minimum Gasteiger partial charge on any atom is -0.382 e. The maximum Gasteiger partial charge on any atom is 0.121 e. The minimum atomic E-state index is -0.659. The molecule has 1 N–H and O–H groups in total. The fourth-order valence-electron chi connectivity index (χ4n) is 1.87. The van der Waals surface area contributed by atoms with Crippen molar-refractivity contribution >= 4 is 0 Å². The van der Waals surface area contributed by atoms with Crippen molar-refractivity contribution in [2.45, 2.75) is 32.3 Å². The van der Waals surface area contributed by atoms with Gasteiger partial charge >= 0.3 is 0 Å². The Morgan fingerprint density at radius 1 is 1.06 bits per heavy atom. The van der Waals surface area contributed by atoms with Gasteiger partial charge in [-0.1, -0.05) is 51.1 Å². The third-order valence-corrected chi connectivity index (χ3v) is 3.04. The van der Waals surface area contributed by atoms with Crippen LogP contribution in [0, 0.1) is 0 Å². The summed E-state index contributed by atoms with van der Waals surface area (Å²) in [6.07, 6.45) is 1.11. The van der Waals surface area contributed by atoms with Crippen LogP contribution in [0.15, 0.2) is 48.7 Å². The van der Waals surface area contributed by atoms with Gasteiger partial charge in [0.15, 0.2) is 0 Å². The highest BCUT2D eigenvalue weighted by Crippen LogP contribution is 2.26. The van der Waals surface area contributed by atoms with E-state index in [1.165, 1.54) is 5.56 Å². The van der Waals surface area contributed by atoms with Gasteiger partial charge in [0, 0.05) is 6.20 Å². The smallest absolute Gasteiger partial charge is 0.121 e. The Bertz CT molecular complexity index is 514. The van der Waals surface area contributed by atoms with Gasteiger partial charge in [-0.3, -0.25) is 4.98 Å². The Labute approximate surface area is 108 Å². The van der Waals surface area contributed by atoms with Crippen LogP contribution in [0.2, 0.25) is 0 Å². The second-order valence-corrected chi connectivity index (χ2v) is 5.53. The number of rotatable bonds is 2.